The van der Waals surface area contributed by atoms with Crippen molar-refractivity contribution in [3.05, 3.63) is 94.2 Å². The molecule has 0 aliphatic heterocycles. The van der Waals surface area contributed by atoms with Crippen LogP contribution in [-0.2, 0) is 0 Å². The number of fused-ring (bicyclic) bond motifs is 1. The topological polar surface area (TPSA) is 0 Å². The van der Waals surface area contributed by atoms with Gasteiger partial charge in [0.15, 0.2) is 0 Å². The maximum absolute atomic E-state index is 2.55. The van der Waals surface area contributed by atoms with Gasteiger partial charge in [-0.05, 0) is 35.6 Å². The quantitative estimate of drug-likeness (QED) is 0.573. The highest BCUT2D eigenvalue weighted by molar-refractivity contribution is 6.86. The van der Waals surface area contributed by atoms with Gasteiger partial charge in [-0.3, -0.25) is 0 Å². The summed E-state index contributed by atoms with van der Waals surface area (Å²) in [6.07, 6.45) is 8.42. The molecule has 0 bridgehead atoms. The van der Waals surface area contributed by atoms with E-state index in [0.29, 0.717) is 5.54 Å². The highest BCUT2D eigenvalue weighted by Gasteiger charge is 2.40. The van der Waals surface area contributed by atoms with Gasteiger partial charge in [0.2, 0.25) is 0 Å². The highest BCUT2D eigenvalue weighted by Crippen LogP contribution is 2.46. The number of rotatable bonds is 3. The Kier molecular flexibility index (Phi) is 3.69. The van der Waals surface area contributed by atoms with Crippen molar-refractivity contribution < 1.29 is 0 Å². The molecule has 0 nitrogen and oxygen atoms in total. The summed E-state index contributed by atoms with van der Waals surface area (Å²) in [7, 11) is -1.59. The van der Waals surface area contributed by atoms with Crippen molar-refractivity contribution in [2.75, 3.05) is 0 Å². The molecule has 0 radical (unpaired) electrons. The third kappa shape index (κ3) is 2.44. The molecule has 2 aromatic carbocycles. The number of hydrogen-bond acceptors (Lipinski definition) is 0. The van der Waals surface area contributed by atoms with E-state index in [-0.39, 0.29) is 0 Å². The minimum absolute atomic E-state index is 0.614. The average molecular weight is 329 g/mol. The third-order valence-electron chi connectivity index (χ3n) is 5.67. The molecule has 0 fully saturated rings. The van der Waals surface area contributed by atoms with Crippen molar-refractivity contribution in [3.63, 3.8) is 0 Å². The first-order chi connectivity index (χ1) is 11.6. The van der Waals surface area contributed by atoms with Crippen molar-refractivity contribution in [1.82, 2.24) is 0 Å². The summed E-state index contributed by atoms with van der Waals surface area (Å²) < 4.78 is 0. The van der Waals surface area contributed by atoms with Gasteiger partial charge in [-0.1, -0.05) is 96.7 Å². The van der Waals surface area contributed by atoms with E-state index in [1.165, 1.54) is 16.7 Å². The maximum atomic E-state index is 2.55. The van der Waals surface area contributed by atoms with Crippen LogP contribution in [0.15, 0.2) is 77.5 Å². The first kappa shape index (κ1) is 15.4. The first-order valence-electron chi connectivity index (χ1n) is 8.81. The van der Waals surface area contributed by atoms with Crippen molar-refractivity contribution >= 4 is 19.7 Å². The van der Waals surface area contributed by atoms with Crippen LogP contribution < -0.4 is 0 Å². The van der Waals surface area contributed by atoms with Crippen LogP contribution in [0.25, 0.3) is 11.6 Å². The van der Waals surface area contributed by atoms with Gasteiger partial charge >= 0.3 is 0 Å². The summed E-state index contributed by atoms with van der Waals surface area (Å²) >= 11 is 0. The zero-order valence-electron chi connectivity index (χ0n) is 14.7. The lowest BCUT2D eigenvalue weighted by atomic mass is 10.1. The van der Waals surface area contributed by atoms with Crippen LogP contribution in [0, 0.1) is 0 Å². The summed E-state index contributed by atoms with van der Waals surface area (Å²) in [5.41, 5.74) is 7.87. The molecule has 4 rings (SSSR count). The molecule has 0 N–H and O–H groups in total. The number of allylic oxidation sites excluding steroid dienone is 5. The van der Waals surface area contributed by atoms with Gasteiger partial charge in [0.05, 0.1) is 8.07 Å². The Balaban J connectivity index is 1.69. The summed E-state index contributed by atoms with van der Waals surface area (Å²) in [6.45, 7) is 7.41. The van der Waals surface area contributed by atoms with Gasteiger partial charge in [-0.25, -0.2) is 0 Å². The monoisotopic (exact) mass is 328 g/mol. The van der Waals surface area contributed by atoms with Crippen molar-refractivity contribution in [3.8, 4) is 0 Å². The zero-order valence-corrected chi connectivity index (χ0v) is 15.7. The lowest BCUT2D eigenvalue weighted by molar-refractivity contribution is 1.06. The van der Waals surface area contributed by atoms with E-state index in [1.54, 1.807) is 16.3 Å². The largest absolute Gasteiger partial charge is 0.0876 e. The average Bonchev–Trinajstić information content (AvgIpc) is 3.20. The SMILES string of the molecule is CC1=Cc2ccccc2C1[Si](C)(C)C1=CC(c2ccccc2)=CC1. The molecule has 0 saturated heterocycles. The molecule has 1 heteroatoms. The lowest BCUT2D eigenvalue weighted by Gasteiger charge is -2.33. The van der Waals surface area contributed by atoms with Crippen LogP contribution in [0.5, 0.6) is 0 Å². The lowest BCUT2D eigenvalue weighted by Crippen LogP contribution is -2.37. The summed E-state index contributed by atoms with van der Waals surface area (Å²) in [5, 5.41) is 1.68. The highest BCUT2D eigenvalue weighted by atomic mass is 28.3. The fourth-order valence-corrected chi connectivity index (χ4v) is 8.22. The zero-order chi connectivity index (χ0) is 16.7. The smallest absolute Gasteiger partial charge is 0.0756 e. The van der Waals surface area contributed by atoms with Crippen molar-refractivity contribution in [2.45, 2.75) is 32.0 Å². The van der Waals surface area contributed by atoms with E-state index in [9.17, 15) is 0 Å². The van der Waals surface area contributed by atoms with E-state index < -0.39 is 8.07 Å². The number of hydrogen-bond donors (Lipinski definition) is 0. The second-order valence-corrected chi connectivity index (χ2v) is 12.2. The fraction of sp³-hybridized carbons (Fsp3) is 0.217. The second kappa shape index (κ2) is 5.75. The van der Waals surface area contributed by atoms with Crippen LogP contribution in [0.4, 0.5) is 0 Å². The fourth-order valence-electron chi connectivity index (χ4n) is 4.43. The molecular formula is C23H24Si. The minimum atomic E-state index is -1.59. The molecule has 0 saturated carbocycles. The molecule has 0 amide bonds. The molecular weight excluding hydrogens is 304 g/mol. The molecule has 1 unspecified atom stereocenters. The van der Waals surface area contributed by atoms with Gasteiger partial charge in [-0.2, -0.15) is 0 Å². The van der Waals surface area contributed by atoms with E-state index >= 15 is 0 Å². The Labute approximate surface area is 146 Å². The standard InChI is InChI=1S/C23H24Si/c1-17-15-20-11-7-8-12-22(20)23(17)24(2,3)21-14-13-19(16-21)18-9-5-4-6-10-18/h4-13,15-16,23H,14H2,1-3H3. The van der Waals surface area contributed by atoms with Crippen LogP contribution in [0.2, 0.25) is 13.1 Å². The molecule has 24 heavy (non-hydrogen) atoms. The summed E-state index contributed by atoms with van der Waals surface area (Å²) in [5.74, 6) is 0. The van der Waals surface area contributed by atoms with Crippen LogP contribution in [0.3, 0.4) is 0 Å². The van der Waals surface area contributed by atoms with E-state index in [0.717, 1.165) is 6.42 Å². The first-order valence-corrected chi connectivity index (χ1v) is 11.9. The Morgan fingerprint density at radius 2 is 1.58 bits per heavy atom. The molecule has 0 heterocycles. The minimum Gasteiger partial charge on any atom is -0.0756 e. The predicted molar refractivity (Wildman–Crippen MR) is 107 cm³/mol. The molecule has 120 valence electrons. The Morgan fingerprint density at radius 3 is 2.38 bits per heavy atom. The maximum Gasteiger partial charge on any atom is 0.0876 e. The Bertz CT molecular complexity index is 866. The van der Waals surface area contributed by atoms with E-state index in [4.69, 9.17) is 0 Å². The second-order valence-electron chi connectivity index (χ2n) is 7.57. The van der Waals surface area contributed by atoms with E-state index in [2.05, 4.69) is 92.8 Å². The van der Waals surface area contributed by atoms with Gasteiger partial charge in [0, 0.05) is 5.54 Å². The third-order valence-corrected chi connectivity index (χ3v) is 9.89. The number of benzene rings is 2. The van der Waals surface area contributed by atoms with Gasteiger partial charge in [-0.15, -0.1) is 0 Å². The summed E-state index contributed by atoms with van der Waals surface area (Å²) in [4.78, 5) is 0. The van der Waals surface area contributed by atoms with E-state index in [1.807, 2.05) is 0 Å². The normalized spacial score (nSPS) is 19.6. The van der Waals surface area contributed by atoms with Crippen molar-refractivity contribution in [2.24, 2.45) is 0 Å². The van der Waals surface area contributed by atoms with Gasteiger partial charge in [0.1, 0.15) is 0 Å². The van der Waals surface area contributed by atoms with Crippen LogP contribution in [0.1, 0.15) is 35.6 Å². The molecule has 2 aliphatic rings. The van der Waals surface area contributed by atoms with Crippen molar-refractivity contribution in [1.29, 1.82) is 0 Å². The molecule has 1 atom stereocenters. The van der Waals surface area contributed by atoms with Gasteiger partial charge < -0.3 is 0 Å². The molecule has 0 spiro atoms. The van der Waals surface area contributed by atoms with Crippen LogP contribution in [-0.4, -0.2) is 8.07 Å². The Hall–Kier alpha value is -2.12. The molecule has 0 aromatic heterocycles. The summed E-state index contributed by atoms with van der Waals surface area (Å²) in [6, 6.07) is 19.7. The molecule has 2 aromatic rings. The van der Waals surface area contributed by atoms with Gasteiger partial charge in [0.25, 0.3) is 0 Å². The molecule has 2 aliphatic carbocycles. The predicted octanol–water partition coefficient (Wildman–Crippen LogP) is 6.39. The van der Waals surface area contributed by atoms with Crippen LogP contribution >= 0.6 is 0 Å². The Morgan fingerprint density at radius 1 is 0.875 bits per heavy atom.